The molecule has 0 aliphatic heterocycles. The zero-order valence-corrected chi connectivity index (χ0v) is 6.20. The molecule has 0 bridgehead atoms. The van der Waals surface area contributed by atoms with Crippen molar-refractivity contribution in [2.45, 2.75) is 5.92 Å². The van der Waals surface area contributed by atoms with E-state index in [9.17, 15) is 18.9 Å². The van der Waals surface area contributed by atoms with Crippen LogP contribution in [0.3, 0.4) is 0 Å². The van der Waals surface area contributed by atoms with Gasteiger partial charge in [-0.25, -0.2) is 0 Å². The van der Waals surface area contributed by atoms with Crippen LogP contribution < -0.4 is 0 Å². The van der Waals surface area contributed by atoms with Gasteiger partial charge in [-0.1, -0.05) is 0 Å². The molecule has 1 aromatic rings. The fourth-order valence-electron chi connectivity index (χ4n) is 0.766. The predicted molar refractivity (Wildman–Crippen MR) is 36.2 cm³/mol. The summed E-state index contributed by atoms with van der Waals surface area (Å²) >= 11 is 0. The molecule has 0 aromatic carbocycles. The van der Waals surface area contributed by atoms with E-state index in [0.717, 1.165) is 0 Å². The van der Waals surface area contributed by atoms with Crippen molar-refractivity contribution in [2.75, 3.05) is 6.61 Å². The molecule has 0 aliphatic carbocycles. The fraction of sp³-hybridized carbons (Fsp3) is 0.400. The lowest BCUT2D eigenvalue weighted by Crippen LogP contribution is -2.20. The molecule has 0 atom stereocenters. The van der Waals surface area contributed by atoms with E-state index in [1.807, 2.05) is 0 Å². The lowest BCUT2D eigenvalue weighted by Gasteiger charge is -2.08. The first-order valence-corrected chi connectivity index (χ1v) is 3.16. The zero-order valence-electron chi connectivity index (χ0n) is 6.20. The number of hydrogen-bond donors (Lipinski definition) is 2. The summed E-state index contributed by atoms with van der Waals surface area (Å²) in [5, 5.41) is 23.3. The van der Waals surface area contributed by atoms with Crippen molar-refractivity contribution in [3.05, 3.63) is 22.0 Å². The lowest BCUT2D eigenvalue weighted by atomic mass is 10.2. The van der Waals surface area contributed by atoms with Gasteiger partial charge in [-0.05, 0) is 0 Å². The van der Waals surface area contributed by atoms with E-state index in [2.05, 4.69) is 5.10 Å². The van der Waals surface area contributed by atoms with E-state index in [1.54, 1.807) is 5.10 Å². The number of nitro groups is 1. The third-order valence-electron chi connectivity index (χ3n) is 1.38. The maximum Gasteiger partial charge on any atom is 0.318 e. The van der Waals surface area contributed by atoms with Gasteiger partial charge < -0.3 is 5.11 Å². The Morgan fingerprint density at radius 2 is 2.38 bits per heavy atom. The highest BCUT2D eigenvalue weighted by atomic mass is 19.3. The number of aliphatic hydroxyl groups excluding tert-OH is 1. The molecule has 6 nitrogen and oxygen atoms in total. The van der Waals surface area contributed by atoms with Gasteiger partial charge in [-0.3, -0.25) is 15.2 Å². The van der Waals surface area contributed by atoms with E-state index in [-0.39, 0.29) is 0 Å². The standard InChI is InChI=1S/C5H5F2N3O3/c6-5(7,2-11)4-3(10(12)13)1-8-9-4/h1,11H,2H2,(H,8,9). The molecular weight excluding hydrogens is 188 g/mol. The number of nitrogens with zero attached hydrogens (tertiary/aromatic N) is 2. The average Bonchev–Trinajstić information content (AvgIpc) is 2.52. The minimum atomic E-state index is -3.67. The van der Waals surface area contributed by atoms with Crippen LogP contribution in [0.5, 0.6) is 0 Å². The van der Waals surface area contributed by atoms with E-state index in [0.29, 0.717) is 6.20 Å². The van der Waals surface area contributed by atoms with Gasteiger partial charge in [-0.15, -0.1) is 0 Å². The van der Waals surface area contributed by atoms with Crippen LogP contribution in [0.2, 0.25) is 0 Å². The SMILES string of the molecule is O=[N+]([O-])c1cn[nH]c1C(F)(F)CO. The molecule has 0 fully saturated rings. The van der Waals surface area contributed by atoms with Gasteiger partial charge in [0.2, 0.25) is 0 Å². The van der Waals surface area contributed by atoms with Crippen molar-refractivity contribution in [2.24, 2.45) is 0 Å². The van der Waals surface area contributed by atoms with Crippen molar-refractivity contribution < 1.29 is 18.8 Å². The minimum Gasteiger partial charge on any atom is -0.390 e. The normalized spacial score (nSPS) is 11.6. The Kier molecular flexibility index (Phi) is 2.24. The van der Waals surface area contributed by atoms with Crippen molar-refractivity contribution in [1.82, 2.24) is 10.2 Å². The van der Waals surface area contributed by atoms with E-state index < -0.39 is 28.8 Å². The maximum absolute atomic E-state index is 12.7. The number of nitrogens with one attached hydrogen (secondary N) is 1. The van der Waals surface area contributed by atoms with Gasteiger partial charge in [0.25, 0.3) is 0 Å². The molecule has 1 aromatic heterocycles. The Hall–Kier alpha value is -1.57. The molecular formula is C5H5F2N3O3. The number of hydrogen-bond acceptors (Lipinski definition) is 4. The first-order valence-electron chi connectivity index (χ1n) is 3.16. The molecule has 13 heavy (non-hydrogen) atoms. The van der Waals surface area contributed by atoms with Gasteiger partial charge in [0.1, 0.15) is 12.8 Å². The van der Waals surface area contributed by atoms with E-state index >= 15 is 0 Å². The maximum atomic E-state index is 12.7. The molecule has 1 rings (SSSR count). The second-order valence-electron chi connectivity index (χ2n) is 2.25. The number of H-pyrrole nitrogens is 1. The number of rotatable bonds is 3. The molecule has 0 aliphatic rings. The Bertz CT molecular complexity index is 325. The first-order chi connectivity index (χ1) is 5.99. The van der Waals surface area contributed by atoms with Crippen LogP contribution in [0.4, 0.5) is 14.5 Å². The molecule has 0 spiro atoms. The average molecular weight is 193 g/mol. The van der Waals surface area contributed by atoms with Crippen LogP contribution >= 0.6 is 0 Å². The summed E-state index contributed by atoms with van der Waals surface area (Å²) in [6, 6.07) is 0. The molecule has 0 saturated heterocycles. The number of aromatic nitrogens is 2. The second kappa shape index (κ2) is 3.05. The Balaban J connectivity index is 3.14. The minimum absolute atomic E-state index is 0.666. The molecule has 0 saturated carbocycles. The highest BCUT2D eigenvalue weighted by molar-refractivity contribution is 5.35. The van der Waals surface area contributed by atoms with Gasteiger partial charge in [0.15, 0.2) is 5.69 Å². The molecule has 2 N–H and O–H groups in total. The van der Waals surface area contributed by atoms with Gasteiger partial charge in [-0.2, -0.15) is 13.9 Å². The largest absolute Gasteiger partial charge is 0.390 e. The Labute approximate surface area is 70.3 Å². The third-order valence-corrected chi connectivity index (χ3v) is 1.38. The summed E-state index contributed by atoms with van der Waals surface area (Å²) in [6.45, 7) is -1.50. The molecule has 0 radical (unpaired) electrons. The summed E-state index contributed by atoms with van der Waals surface area (Å²) in [7, 11) is 0. The van der Waals surface area contributed by atoms with Crippen molar-refractivity contribution >= 4 is 5.69 Å². The number of alkyl halides is 2. The molecule has 0 unspecified atom stereocenters. The first kappa shape index (κ1) is 9.52. The van der Waals surface area contributed by atoms with Crippen LogP contribution in [0.25, 0.3) is 0 Å². The van der Waals surface area contributed by atoms with Crippen LogP contribution in [-0.2, 0) is 5.92 Å². The quantitative estimate of drug-likeness (QED) is 0.536. The summed E-state index contributed by atoms with van der Waals surface area (Å²) in [5.74, 6) is -3.67. The van der Waals surface area contributed by atoms with Crippen molar-refractivity contribution in [3.63, 3.8) is 0 Å². The van der Waals surface area contributed by atoms with E-state index in [4.69, 9.17) is 5.11 Å². The number of aliphatic hydroxyl groups is 1. The van der Waals surface area contributed by atoms with Gasteiger partial charge >= 0.3 is 11.6 Å². The predicted octanol–water partition coefficient (Wildman–Crippen LogP) is 0.402. The summed E-state index contributed by atoms with van der Waals surface area (Å²) in [4.78, 5) is 9.18. The van der Waals surface area contributed by atoms with Crippen molar-refractivity contribution in [1.29, 1.82) is 0 Å². The van der Waals surface area contributed by atoms with Crippen LogP contribution in [-0.4, -0.2) is 26.8 Å². The van der Waals surface area contributed by atoms with Crippen molar-refractivity contribution in [3.8, 4) is 0 Å². The smallest absolute Gasteiger partial charge is 0.318 e. The molecule has 0 amide bonds. The monoisotopic (exact) mass is 193 g/mol. The highest BCUT2D eigenvalue weighted by Crippen LogP contribution is 2.31. The fourth-order valence-corrected chi connectivity index (χ4v) is 0.766. The molecule has 72 valence electrons. The van der Waals surface area contributed by atoms with Crippen LogP contribution in [0, 0.1) is 10.1 Å². The molecule has 8 heteroatoms. The Morgan fingerprint density at radius 1 is 1.77 bits per heavy atom. The highest BCUT2D eigenvalue weighted by Gasteiger charge is 2.39. The number of aromatic amines is 1. The zero-order chi connectivity index (χ0) is 10.1. The molecule has 1 heterocycles. The van der Waals surface area contributed by atoms with Crippen LogP contribution in [0.1, 0.15) is 5.69 Å². The van der Waals surface area contributed by atoms with E-state index in [1.165, 1.54) is 0 Å². The topological polar surface area (TPSA) is 92.0 Å². The van der Waals surface area contributed by atoms with Gasteiger partial charge in [0.05, 0.1) is 4.92 Å². The van der Waals surface area contributed by atoms with Crippen LogP contribution in [0.15, 0.2) is 6.20 Å². The summed E-state index contributed by atoms with van der Waals surface area (Å²) in [6.07, 6.45) is 0.666. The third kappa shape index (κ3) is 1.61. The second-order valence-corrected chi connectivity index (χ2v) is 2.25. The Morgan fingerprint density at radius 3 is 2.85 bits per heavy atom. The lowest BCUT2D eigenvalue weighted by molar-refractivity contribution is -0.387. The summed E-state index contributed by atoms with van der Waals surface area (Å²) < 4.78 is 25.4. The van der Waals surface area contributed by atoms with Gasteiger partial charge in [0, 0.05) is 0 Å². The summed E-state index contributed by atoms with van der Waals surface area (Å²) in [5.41, 5.74) is -1.82. The number of halogens is 2.